The maximum absolute atomic E-state index is 12.7. The number of rotatable bonds is 4. The van der Waals surface area contributed by atoms with Crippen LogP contribution in [-0.4, -0.2) is 14.5 Å². The van der Waals surface area contributed by atoms with E-state index in [1.807, 2.05) is 29.8 Å². The minimum Gasteiger partial charge on any atom is -0.410 e. The average molecular weight is 367 g/mol. The van der Waals surface area contributed by atoms with Crippen molar-refractivity contribution in [1.82, 2.24) is 4.72 Å². The van der Waals surface area contributed by atoms with Gasteiger partial charge in [0.1, 0.15) is 5.75 Å². The summed E-state index contributed by atoms with van der Waals surface area (Å²) < 4.78 is 32.3. The number of nitrogens with one attached hydrogen (secondary N) is 1. The second kappa shape index (κ2) is 7.41. The molecule has 0 saturated carbocycles. The molecule has 0 saturated heterocycles. The van der Waals surface area contributed by atoms with Gasteiger partial charge in [-0.1, -0.05) is 66.2 Å². The van der Waals surface area contributed by atoms with Gasteiger partial charge in [-0.3, -0.25) is 0 Å². The second-order valence-electron chi connectivity index (χ2n) is 5.67. The van der Waals surface area contributed by atoms with Gasteiger partial charge in [-0.05, 0) is 30.7 Å². The molecule has 0 fully saturated rings. The van der Waals surface area contributed by atoms with Gasteiger partial charge in [0.15, 0.2) is 0 Å². The maximum atomic E-state index is 12.7. The number of hydrogen-bond donors (Lipinski definition) is 1. The molecule has 0 atom stereocenters. The molecule has 132 valence electrons. The van der Waals surface area contributed by atoms with Crippen LogP contribution < -0.4 is 9.46 Å². The molecule has 0 spiro atoms. The SMILES string of the molecule is Cc1ccc(OC(=O)NS(=O)(=O)c2ccccc2-c2ccccc2)cc1. The van der Waals surface area contributed by atoms with Crippen LogP contribution in [0.15, 0.2) is 83.8 Å². The van der Waals surface area contributed by atoms with Crippen molar-refractivity contribution in [2.45, 2.75) is 11.8 Å². The number of ether oxygens (including phenoxy) is 1. The first-order valence-corrected chi connectivity index (χ1v) is 9.40. The van der Waals surface area contributed by atoms with E-state index in [2.05, 4.69) is 0 Å². The van der Waals surface area contributed by atoms with Crippen LogP contribution in [0, 0.1) is 6.92 Å². The number of sulfonamides is 1. The van der Waals surface area contributed by atoms with E-state index < -0.39 is 16.1 Å². The molecule has 1 N–H and O–H groups in total. The third kappa shape index (κ3) is 4.10. The molecule has 3 aromatic rings. The molecule has 0 aliphatic heterocycles. The Bertz CT molecular complexity index is 1010. The minimum absolute atomic E-state index is 0.00653. The summed E-state index contributed by atoms with van der Waals surface area (Å²) in [6.45, 7) is 1.90. The van der Waals surface area contributed by atoms with Crippen molar-refractivity contribution in [3.05, 3.63) is 84.4 Å². The van der Waals surface area contributed by atoms with E-state index >= 15 is 0 Å². The molecule has 0 radical (unpaired) electrons. The zero-order valence-electron chi connectivity index (χ0n) is 14.0. The molecule has 0 aliphatic rings. The molecular formula is C20H17NO4S. The third-order valence-electron chi connectivity index (χ3n) is 3.71. The van der Waals surface area contributed by atoms with Gasteiger partial charge in [0.05, 0.1) is 4.90 Å². The van der Waals surface area contributed by atoms with Crippen molar-refractivity contribution in [2.75, 3.05) is 0 Å². The van der Waals surface area contributed by atoms with Crippen molar-refractivity contribution < 1.29 is 17.9 Å². The van der Waals surface area contributed by atoms with Crippen LogP contribution in [0.3, 0.4) is 0 Å². The summed E-state index contributed by atoms with van der Waals surface area (Å²) in [6, 6.07) is 22.3. The van der Waals surface area contributed by atoms with E-state index in [4.69, 9.17) is 4.74 Å². The van der Waals surface area contributed by atoms with Crippen LogP contribution in [0.25, 0.3) is 11.1 Å². The standard InChI is InChI=1S/C20H17NO4S/c1-15-11-13-17(14-12-15)25-20(22)21-26(23,24)19-10-6-5-9-18(19)16-7-3-2-4-8-16/h2-14H,1H3,(H,21,22). The fraction of sp³-hybridized carbons (Fsp3) is 0.0500. The zero-order chi connectivity index (χ0) is 18.6. The smallest absolute Gasteiger partial charge is 0.410 e. The number of carbonyl (C=O) groups excluding carboxylic acids is 1. The maximum Gasteiger partial charge on any atom is 0.426 e. The molecule has 3 rings (SSSR count). The third-order valence-corrected chi connectivity index (χ3v) is 5.08. The predicted molar refractivity (Wildman–Crippen MR) is 99.4 cm³/mol. The Kier molecular flexibility index (Phi) is 5.04. The molecule has 0 heterocycles. The summed E-state index contributed by atoms with van der Waals surface area (Å²) in [5.41, 5.74) is 2.24. The lowest BCUT2D eigenvalue weighted by Gasteiger charge is -2.12. The predicted octanol–water partition coefficient (Wildman–Crippen LogP) is 4.14. The molecule has 3 aromatic carbocycles. The normalized spacial score (nSPS) is 11.0. The number of amides is 1. The van der Waals surface area contributed by atoms with Gasteiger partial charge in [-0.25, -0.2) is 17.9 Å². The Morgan fingerprint density at radius 3 is 2.15 bits per heavy atom. The van der Waals surface area contributed by atoms with Crippen molar-refractivity contribution in [2.24, 2.45) is 0 Å². The Hall–Kier alpha value is -3.12. The van der Waals surface area contributed by atoms with Gasteiger partial charge in [-0.15, -0.1) is 0 Å². The Labute approximate surface area is 152 Å². The van der Waals surface area contributed by atoms with Gasteiger partial charge in [0, 0.05) is 5.56 Å². The summed E-state index contributed by atoms with van der Waals surface area (Å²) in [5, 5.41) is 0. The first-order chi connectivity index (χ1) is 12.5. The van der Waals surface area contributed by atoms with Gasteiger partial charge >= 0.3 is 6.09 Å². The Morgan fingerprint density at radius 2 is 1.46 bits per heavy atom. The number of carbonyl (C=O) groups is 1. The second-order valence-corrected chi connectivity index (χ2v) is 7.32. The van der Waals surface area contributed by atoms with Crippen molar-refractivity contribution >= 4 is 16.1 Å². The Morgan fingerprint density at radius 1 is 0.846 bits per heavy atom. The van der Waals surface area contributed by atoms with E-state index in [1.54, 1.807) is 54.6 Å². The largest absolute Gasteiger partial charge is 0.426 e. The highest BCUT2D eigenvalue weighted by molar-refractivity contribution is 7.90. The van der Waals surface area contributed by atoms with Crippen LogP contribution in [-0.2, 0) is 10.0 Å². The molecule has 0 aliphatic carbocycles. The number of benzene rings is 3. The van der Waals surface area contributed by atoms with Crippen molar-refractivity contribution in [3.63, 3.8) is 0 Å². The fourth-order valence-corrected chi connectivity index (χ4v) is 3.56. The molecule has 0 aromatic heterocycles. The highest BCUT2D eigenvalue weighted by Gasteiger charge is 2.22. The average Bonchev–Trinajstić information content (AvgIpc) is 2.64. The first kappa shape index (κ1) is 17.7. The van der Waals surface area contributed by atoms with Crippen LogP contribution in [0.1, 0.15) is 5.56 Å². The highest BCUT2D eigenvalue weighted by atomic mass is 32.2. The van der Waals surface area contributed by atoms with E-state index in [-0.39, 0.29) is 10.6 Å². The van der Waals surface area contributed by atoms with E-state index in [9.17, 15) is 13.2 Å². The summed E-state index contributed by atoms with van der Waals surface area (Å²) in [4.78, 5) is 12.0. The van der Waals surface area contributed by atoms with Gasteiger partial charge < -0.3 is 4.74 Å². The topological polar surface area (TPSA) is 72.5 Å². The van der Waals surface area contributed by atoms with Crippen molar-refractivity contribution in [3.8, 4) is 16.9 Å². The van der Waals surface area contributed by atoms with Crippen LogP contribution >= 0.6 is 0 Å². The summed E-state index contributed by atoms with van der Waals surface area (Å²) in [5.74, 6) is 0.264. The Balaban J connectivity index is 1.85. The van der Waals surface area contributed by atoms with Crippen LogP contribution in [0.4, 0.5) is 4.79 Å². The molecular weight excluding hydrogens is 350 g/mol. The monoisotopic (exact) mass is 367 g/mol. The number of aryl methyl sites for hydroxylation is 1. The lowest BCUT2D eigenvalue weighted by Crippen LogP contribution is -2.33. The minimum atomic E-state index is -4.09. The van der Waals surface area contributed by atoms with Gasteiger partial charge in [0.2, 0.25) is 0 Å². The molecule has 26 heavy (non-hydrogen) atoms. The van der Waals surface area contributed by atoms with E-state index in [0.29, 0.717) is 5.56 Å². The quantitative estimate of drug-likeness (QED) is 0.752. The summed E-state index contributed by atoms with van der Waals surface area (Å²) in [7, 11) is -4.09. The van der Waals surface area contributed by atoms with Gasteiger partial charge in [-0.2, -0.15) is 0 Å². The van der Waals surface area contributed by atoms with E-state index in [1.165, 1.54) is 6.07 Å². The van der Waals surface area contributed by atoms with Crippen molar-refractivity contribution in [1.29, 1.82) is 0 Å². The van der Waals surface area contributed by atoms with Gasteiger partial charge in [0.25, 0.3) is 10.0 Å². The summed E-state index contributed by atoms with van der Waals surface area (Å²) >= 11 is 0. The lowest BCUT2D eigenvalue weighted by molar-refractivity contribution is 0.207. The molecule has 0 unspecified atom stereocenters. The fourth-order valence-electron chi connectivity index (χ4n) is 2.46. The molecule has 1 amide bonds. The molecule has 6 heteroatoms. The zero-order valence-corrected chi connectivity index (χ0v) is 14.9. The van der Waals surface area contributed by atoms with E-state index in [0.717, 1.165) is 11.1 Å². The van der Waals surface area contributed by atoms with Crippen LogP contribution in [0.2, 0.25) is 0 Å². The molecule has 5 nitrogen and oxygen atoms in total. The summed E-state index contributed by atoms with van der Waals surface area (Å²) in [6.07, 6.45) is -1.06. The number of hydrogen-bond acceptors (Lipinski definition) is 4. The lowest BCUT2D eigenvalue weighted by atomic mass is 10.1. The molecule has 0 bridgehead atoms. The van der Waals surface area contributed by atoms with Crippen LogP contribution in [0.5, 0.6) is 5.75 Å². The highest BCUT2D eigenvalue weighted by Crippen LogP contribution is 2.27. The first-order valence-electron chi connectivity index (χ1n) is 7.91.